The van der Waals surface area contributed by atoms with Crippen LogP contribution in [0.1, 0.15) is 36.5 Å². The van der Waals surface area contributed by atoms with Crippen molar-refractivity contribution in [1.82, 2.24) is 9.21 Å². The highest BCUT2D eigenvalue weighted by Crippen LogP contribution is 2.35. The number of methoxy groups -OCH3 is 1. The minimum atomic E-state index is -3.76. The van der Waals surface area contributed by atoms with E-state index in [2.05, 4.69) is 0 Å². The smallest absolute Gasteiger partial charge is 0.244 e. The third-order valence-corrected chi connectivity index (χ3v) is 7.83. The fourth-order valence-electron chi connectivity index (χ4n) is 4.10. The quantitative estimate of drug-likeness (QED) is 0.821. The lowest BCUT2D eigenvalue weighted by atomic mass is 10.1. The van der Waals surface area contributed by atoms with E-state index in [1.807, 2.05) is 11.8 Å². The Morgan fingerprint density at radius 3 is 2.52 bits per heavy atom. The molecule has 0 spiro atoms. The van der Waals surface area contributed by atoms with Gasteiger partial charge in [0.1, 0.15) is 11.8 Å². The van der Waals surface area contributed by atoms with Gasteiger partial charge in [-0.15, -0.1) is 0 Å². The maximum absolute atomic E-state index is 13.4. The van der Waals surface area contributed by atoms with Crippen LogP contribution in [0.2, 0.25) is 0 Å². The maximum atomic E-state index is 13.4. The standard InChI is InChI=1S/C18H26N2O4S/c1-11-9-16(24-5)12(2)13(3)17(11)25(22,23)20-10-15-7-6-8-19(15)18(21)14(20)4/h9,14-15H,6-8,10H2,1-5H3/t14-,15+/m1/s1. The second-order valence-electron chi connectivity index (χ2n) is 7.05. The molecule has 0 aromatic heterocycles. The van der Waals surface area contributed by atoms with Crippen LogP contribution in [0.5, 0.6) is 5.75 Å². The first-order valence-electron chi connectivity index (χ1n) is 8.67. The van der Waals surface area contributed by atoms with Crippen molar-refractivity contribution in [3.8, 4) is 5.75 Å². The molecule has 2 saturated heterocycles. The summed E-state index contributed by atoms with van der Waals surface area (Å²) < 4.78 is 33.6. The molecule has 1 aromatic rings. The van der Waals surface area contributed by atoms with Crippen molar-refractivity contribution in [3.05, 3.63) is 22.8 Å². The van der Waals surface area contributed by atoms with Crippen molar-refractivity contribution in [1.29, 1.82) is 0 Å². The Labute approximate surface area is 149 Å². The summed E-state index contributed by atoms with van der Waals surface area (Å²) in [5, 5.41) is 0. The highest BCUT2D eigenvalue weighted by molar-refractivity contribution is 7.89. The Balaban J connectivity index is 2.08. The molecule has 0 saturated carbocycles. The molecule has 2 atom stereocenters. The number of piperazine rings is 1. The first-order chi connectivity index (χ1) is 11.7. The van der Waals surface area contributed by atoms with Crippen molar-refractivity contribution in [3.63, 3.8) is 0 Å². The number of hydrogen-bond donors (Lipinski definition) is 0. The van der Waals surface area contributed by atoms with E-state index in [0.717, 1.165) is 24.9 Å². The van der Waals surface area contributed by atoms with Gasteiger partial charge < -0.3 is 9.64 Å². The highest BCUT2D eigenvalue weighted by atomic mass is 32.2. The largest absolute Gasteiger partial charge is 0.496 e. The lowest BCUT2D eigenvalue weighted by Crippen LogP contribution is -2.60. The fourth-order valence-corrected chi connectivity index (χ4v) is 6.21. The van der Waals surface area contributed by atoms with Crippen LogP contribution in [0.3, 0.4) is 0 Å². The van der Waals surface area contributed by atoms with Crippen LogP contribution in [0, 0.1) is 20.8 Å². The molecule has 3 rings (SSSR count). The van der Waals surface area contributed by atoms with Crippen LogP contribution >= 0.6 is 0 Å². The van der Waals surface area contributed by atoms with Crippen LogP contribution in [0.25, 0.3) is 0 Å². The summed E-state index contributed by atoms with van der Waals surface area (Å²) in [6, 6.07) is 1.09. The number of carbonyl (C=O) groups is 1. The molecule has 6 nitrogen and oxygen atoms in total. The molecule has 7 heteroatoms. The molecule has 0 radical (unpaired) electrons. The van der Waals surface area contributed by atoms with Gasteiger partial charge in [0.05, 0.1) is 12.0 Å². The third-order valence-electron chi connectivity index (χ3n) is 5.61. The third kappa shape index (κ3) is 2.73. The van der Waals surface area contributed by atoms with Crippen LogP contribution in [-0.4, -0.2) is 55.8 Å². The molecule has 0 aliphatic carbocycles. The molecule has 0 unspecified atom stereocenters. The number of ether oxygens (including phenoxy) is 1. The van der Waals surface area contributed by atoms with Gasteiger partial charge in [-0.2, -0.15) is 4.31 Å². The number of hydrogen-bond acceptors (Lipinski definition) is 4. The summed E-state index contributed by atoms with van der Waals surface area (Å²) in [6.45, 7) is 8.24. The Hall–Kier alpha value is -1.60. The van der Waals surface area contributed by atoms with Crippen LogP contribution in [0.4, 0.5) is 0 Å². The molecule has 1 aromatic carbocycles. The summed E-state index contributed by atoms with van der Waals surface area (Å²) in [6.07, 6.45) is 1.81. The van der Waals surface area contributed by atoms with Crippen molar-refractivity contribution in [2.45, 2.75) is 57.5 Å². The van der Waals surface area contributed by atoms with Crippen molar-refractivity contribution in [2.24, 2.45) is 0 Å². The SMILES string of the molecule is COc1cc(C)c(S(=O)(=O)N2C[C@@H]3CCCN3C(=O)[C@H]2C)c(C)c1C. The van der Waals surface area contributed by atoms with Gasteiger partial charge in [-0.1, -0.05) is 0 Å². The van der Waals surface area contributed by atoms with Crippen molar-refractivity contribution in [2.75, 3.05) is 20.2 Å². The number of carbonyl (C=O) groups excluding carboxylic acids is 1. The molecule has 2 fully saturated rings. The van der Waals surface area contributed by atoms with E-state index in [0.29, 0.717) is 28.3 Å². The molecule has 2 aliphatic heterocycles. The zero-order valence-corrected chi connectivity index (χ0v) is 16.3. The Morgan fingerprint density at radius 2 is 1.88 bits per heavy atom. The predicted octanol–water partition coefficient (Wildman–Crippen LogP) is 2.00. The van der Waals surface area contributed by atoms with E-state index in [1.54, 1.807) is 33.9 Å². The van der Waals surface area contributed by atoms with E-state index in [9.17, 15) is 13.2 Å². The summed E-state index contributed by atoms with van der Waals surface area (Å²) in [7, 11) is -2.18. The molecule has 0 bridgehead atoms. The molecular weight excluding hydrogens is 340 g/mol. The first-order valence-corrected chi connectivity index (χ1v) is 10.1. The minimum absolute atomic E-state index is 0.00145. The number of sulfonamides is 1. The second kappa shape index (κ2) is 6.29. The predicted molar refractivity (Wildman–Crippen MR) is 95.3 cm³/mol. The van der Waals surface area contributed by atoms with Gasteiger partial charge in [0.15, 0.2) is 0 Å². The Morgan fingerprint density at radius 1 is 1.20 bits per heavy atom. The van der Waals surface area contributed by atoms with Crippen LogP contribution in [-0.2, 0) is 14.8 Å². The van der Waals surface area contributed by atoms with E-state index in [4.69, 9.17) is 4.74 Å². The lowest BCUT2D eigenvalue weighted by Gasteiger charge is -2.41. The number of nitrogens with zero attached hydrogens (tertiary/aromatic N) is 2. The van der Waals surface area contributed by atoms with Gasteiger partial charge in [0, 0.05) is 19.1 Å². The molecule has 138 valence electrons. The highest BCUT2D eigenvalue weighted by Gasteiger charge is 2.46. The van der Waals surface area contributed by atoms with Crippen LogP contribution in [0.15, 0.2) is 11.0 Å². The Bertz CT molecular complexity index is 819. The number of amides is 1. The second-order valence-corrected chi connectivity index (χ2v) is 8.88. The lowest BCUT2D eigenvalue weighted by molar-refractivity contribution is -0.139. The zero-order valence-electron chi connectivity index (χ0n) is 15.5. The van der Waals surface area contributed by atoms with E-state index in [-0.39, 0.29) is 11.9 Å². The normalized spacial score (nSPS) is 24.5. The van der Waals surface area contributed by atoms with Gasteiger partial charge >= 0.3 is 0 Å². The number of fused-ring (bicyclic) bond motifs is 1. The average Bonchev–Trinajstić information content (AvgIpc) is 3.02. The average molecular weight is 366 g/mol. The van der Waals surface area contributed by atoms with E-state index >= 15 is 0 Å². The van der Waals surface area contributed by atoms with Gasteiger partial charge in [-0.25, -0.2) is 8.42 Å². The van der Waals surface area contributed by atoms with Gasteiger partial charge in [0.25, 0.3) is 0 Å². The zero-order chi connectivity index (χ0) is 18.5. The van der Waals surface area contributed by atoms with Crippen molar-refractivity contribution >= 4 is 15.9 Å². The number of benzene rings is 1. The van der Waals surface area contributed by atoms with Gasteiger partial charge in [-0.3, -0.25) is 4.79 Å². The van der Waals surface area contributed by atoms with E-state index < -0.39 is 16.1 Å². The summed E-state index contributed by atoms with van der Waals surface area (Å²) in [5.74, 6) is 0.594. The first kappa shape index (κ1) is 18.2. The van der Waals surface area contributed by atoms with Gasteiger partial charge in [0.2, 0.25) is 15.9 Å². The maximum Gasteiger partial charge on any atom is 0.244 e. The van der Waals surface area contributed by atoms with Crippen molar-refractivity contribution < 1.29 is 17.9 Å². The molecule has 2 heterocycles. The van der Waals surface area contributed by atoms with Gasteiger partial charge in [-0.05, 0) is 63.3 Å². The number of rotatable bonds is 3. The molecule has 2 aliphatic rings. The monoisotopic (exact) mass is 366 g/mol. The van der Waals surface area contributed by atoms with Crippen LogP contribution < -0.4 is 4.74 Å². The molecule has 1 amide bonds. The van der Waals surface area contributed by atoms with E-state index in [1.165, 1.54) is 4.31 Å². The fraction of sp³-hybridized carbons (Fsp3) is 0.611. The summed E-state index contributed by atoms with van der Waals surface area (Å²) in [4.78, 5) is 14.8. The molecule has 25 heavy (non-hydrogen) atoms. The summed E-state index contributed by atoms with van der Waals surface area (Å²) in [5.41, 5.74) is 2.14. The number of aryl methyl sites for hydroxylation is 1. The molecule has 0 N–H and O–H groups in total. The topological polar surface area (TPSA) is 66.9 Å². The molecular formula is C18H26N2O4S. The summed E-state index contributed by atoms with van der Waals surface area (Å²) >= 11 is 0. The minimum Gasteiger partial charge on any atom is -0.496 e. The Kier molecular flexibility index (Phi) is 4.58.